The summed E-state index contributed by atoms with van der Waals surface area (Å²) in [7, 11) is 1.55. The molecule has 3 rings (SSSR count). The maximum atomic E-state index is 12.2. The highest BCUT2D eigenvalue weighted by Crippen LogP contribution is 2.30. The van der Waals surface area contributed by atoms with Gasteiger partial charge in [-0.05, 0) is 36.4 Å². The molecule has 2 aromatic rings. The Morgan fingerprint density at radius 2 is 2.04 bits per heavy atom. The van der Waals surface area contributed by atoms with E-state index in [-0.39, 0.29) is 24.0 Å². The van der Waals surface area contributed by atoms with Gasteiger partial charge in [-0.3, -0.25) is 9.59 Å². The first-order valence-corrected chi connectivity index (χ1v) is 8.45. The second kappa shape index (κ2) is 7.40. The molecule has 0 fully saturated rings. The average molecular weight is 356 g/mol. The van der Waals surface area contributed by atoms with E-state index in [4.69, 9.17) is 4.74 Å². The Kier molecular flexibility index (Phi) is 5.04. The van der Waals surface area contributed by atoms with Crippen molar-refractivity contribution in [2.24, 2.45) is 4.99 Å². The smallest absolute Gasteiger partial charge is 0.260 e. The predicted octanol–water partition coefficient (Wildman–Crippen LogP) is 2.82. The van der Waals surface area contributed by atoms with Gasteiger partial charge in [0.2, 0.25) is 5.91 Å². The van der Waals surface area contributed by atoms with Gasteiger partial charge in [-0.2, -0.15) is 0 Å². The van der Waals surface area contributed by atoms with E-state index < -0.39 is 5.25 Å². The minimum atomic E-state index is -0.547. The number of phenolic OH excluding ortho intramolecular Hbond substituents is 1. The first-order valence-electron chi connectivity index (χ1n) is 7.57. The van der Waals surface area contributed by atoms with Gasteiger partial charge in [0.15, 0.2) is 0 Å². The van der Waals surface area contributed by atoms with Crippen LogP contribution in [0.2, 0.25) is 0 Å². The third kappa shape index (κ3) is 4.19. The van der Waals surface area contributed by atoms with Gasteiger partial charge in [0.05, 0.1) is 7.11 Å². The Hall–Kier alpha value is -2.80. The van der Waals surface area contributed by atoms with Gasteiger partial charge in [-0.1, -0.05) is 17.8 Å². The third-order valence-electron chi connectivity index (χ3n) is 3.58. The van der Waals surface area contributed by atoms with Crippen molar-refractivity contribution in [2.75, 3.05) is 12.4 Å². The molecule has 2 aromatic carbocycles. The van der Waals surface area contributed by atoms with E-state index >= 15 is 0 Å². The maximum absolute atomic E-state index is 12.2. The molecular formula is C18H16N2O4S. The molecule has 0 aromatic heterocycles. The van der Waals surface area contributed by atoms with Gasteiger partial charge in [-0.15, -0.1) is 0 Å². The second-order valence-corrected chi connectivity index (χ2v) is 6.58. The van der Waals surface area contributed by atoms with Crippen LogP contribution in [0.5, 0.6) is 11.5 Å². The standard InChI is InChI=1S/C18H16N2O4S/c1-24-14-4-2-3-12(9-14)19-16(22)10-15-17(23)20-18(25-15)11-5-7-13(21)8-6-11/h2-9,15,21H,10H2,1H3,(H,19,22)/t15-/m0/s1. The zero-order valence-electron chi connectivity index (χ0n) is 13.4. The molecule has 7 heteroatoms. The molecule has 0 bridgehead atoms. The van der Waals surface area contributed by atoms with E-state index in [1.54, 1.807) is 43.5 Å². The normalized spacial score (nSPS) is 16.4. The Bertz CT molecular complexity index is 833. The molecule has 2 N–H and O–H groups in total. The molecule has 0 aliphatic carbocycles. The summed E-state index contributed by atoms with van der Waals surface area (Å²) in [6, 6.07) is 13.5. The number of aliphatic imine (C=N–C) groups is 1. The molecule has 0 radical (unpaired) electrons. The number of nitrogens with zero attached hydrogens (tertiary/aromatic N) is 1. The van der Waals surface area contributed by atoms with Gasteiger partial charge in [-0.25, -0.2) is 4.99 Å². The average Bonchev–Trinajstić information content (AvgIpc) is 2.96. The topological polar surface area (TPSA) is 88.0 Å². The third-order valence-corrected chi connectivity index (χ3v) is 4.78. The van der Waals surface area contributed by atoms with Crippen LogP contribution in [0, 0.1) is 0 Å². The van der Waals surface area contributed by atoms with Crippen LogP contribution >= 0.6 is 11.8 Å². The van der Waals surface area contributed by atoms with E-state index in [1.807, 2.05) is 0 Å². The molecule has 25 heavy (non-hydrogen) atoms. The molecule has 0 unspecified atom stereocenters. The summed E-state index contributed by atoms with van der Waals surface area (Å²) in [5, 5.41) is 12.1. The fourth-order valence-electron chi connectivity index (χ4n) is 2.33. The number of benzene rings is 2. The van der Waals surface area contributed by atoms with Crippen molar-refractivity contribution in [3.8, 4) is 11.5 Å². The van der Waals surface area contributed by atoms with E-state index in [0.717, 1.165) is 5.56 Å². The van der Waals surface area contributed by atoms with E-state index in [2.05, 4.69) is 10.3 Å². The van der Waals surface area contributed by atoms with Crippen molar-refractivity contribution in [2.45, 2.75) is 11.7 Å². The number of nitrogens with one attached hydrogen (secondary N) is 1. The zero-order chi connectivity index (χ0) is 17.8. The van der Waals surface area contributed by atoms with Gasteiger partial charge >= 0.3 is 0 Å². The van der Waals surface area contributed by atoms with Crippen LogP contribution in [-0.2, 0) is 9.59 Å². The van der Waals surface area contributed by atoms with Crippen LogP contribution in [0.15, 0.2) is 53.5 Å². The number of methoxy groups -OCH3 is 1. The number of anilines is 1. The minimum Gasteiger partial charge on any atom is -0.508 e. The number of ether oxygens (including phenoxy) is 1. The SMILES string of the molecule is COc1cccc(NC(=O)C[C@@H]2SC(c3ccc(O)cc3)=NC2=O)c1. The Morgan fingerprint density at radius 1 is 1.28 bits per heavy atom. The highest BCUT2D eigenvalue weighted by atomic mass is 32.2. The highest BCUT2D eigenvalue weighted by Gasteiger charge is 2.31. The van der Waals surface area contributed by atoms with Crippen LogP contribution in [0.4, 0.5) is 5.69 Å². The van der Waals surface area contributed by atoms with Crippen molar-refractivity contribution in [3.63, 3.8) is 0 Å². The van der Waals surface area contributed by atoms with E-state index in [9.17, 15) is 14.7 Å². The summed E-state index contributed by atoms with van der Waals surface area (Å²) < 4.78 is 5.11. The molecule has 2 amide bonds. The molecule has 128 valence electrons. The Balaban J connectivity index is 1.61. The van der Waals surface area contributed by atoms with Crippen LogP contribution in [0.3, 0.4) is 0 Å². The van der Waals surface area contributed by atoms with Gasteiger partial charge < -0.3 is 15.2 Å². The summed E-state index contributed by atoms with van der Waals surface area (Å²) >= 11 is 1.26. The molecule has 1 atom stereocenters. The van der Waals surface area contributed by atoms with Crippen LogP contribution < -0.4 is 10.1 Å². The summed E-state index contributed by atoms with van der Waals surface area (Å²) in [4.78, 5) is 28.3. The molecule has 0 spiro atoms. The fraction of sp³-hybridized carbons (Fsp3) is 0.167. The quantitative estimate of drug-likeness (QED) is 0.860. The maximum Gasteiger partial charge on any atom is 0.260 e. The lowest BCUT2D eigenvalue weighted by molar-refractivity contribution is -0.121. The van der Waals surface area contributed by atoms with Gasteiger partial charge in [0.25, 0.3) is 5.91 Å². The van der Waals surface area contributed by atoms with Crippen molar-refractivity contribution >= 4 is 34.3 Å². The van der Waals surface area contributed by atoms with Crippen LogP contribution in [-0.4, -0.2) is 34.3 Å². The summed E-state index contributed by atoms with van der Waals surface area (Å²) in [6.45, 7) is 0. The molecule has 1 aliphatic rings. The van der Waals surface area contributed by atoms with Crippen molar-refractivity contribution in [3.05, 3.63) is 54.1 Å². The lowest BCUT2D eigenvalue weighted by Crippen LogP contribution is -2.21. The van der Waals surface area contributed by atoms with Crippen molar-refractivity contribution in [1.82, 2.24) is 0 Å². The van der Waals surface area contributed by atoms with E-state index in [0.29, 0.717) is 16.5 Å². The first kappa shape index (κ1) is 17.0. The fourth-order valence-corrected chi connectivity index (χ4v) is 3.40. The lowest BCUT2D eigenvalue weighted by atomic mass is 10.2. The first-order chi connectivity index (χ1) is 12.0. The molecule has 0 saturated heterocycles. The van der Waals surface area contributed by atoms with Crippen LogP contribution in [0.25, 0.3) is 0 Å². The zero-order valence-corrected chi connectivity index (χ0v) is 14.2. The summed E-state index contributed by atoms with van der Waals surface area (Å²) in [5.41, 5.74) is 1.35. The number of hydrogen-bond donors (Lipinski definition) is 2. The molecular weight excluding hydrogens is 340 g/mol. The summed E-state index contributed by atoms with van der Waals surface area (Å²) in [5.74, 6) is 0.199. The van der Waals surface area contributed by atoms with Crippen molar-refractivity contribution < 1.29 is 19.4 Å². The van der Waals surface area contributed by atoms with Gasteiger partial charge in [0, 0.05) is 23.7 Å². The lowest BCUT2D eigenvalue weighted by Gasteiger charge is -2.09. The predicted molar refractivity (Wildman–Crippen MR) is 97.3 cm³/mol. The number of thioether (sulfide) groups is 1. The number of rotatable bonds is 5. The summed E-state index contributed by atoms with van der Waals surface area (Å²) in [6.07, 6.45) is 0.0335. The number of carbonyl (C=O) groups is 2. The second-order valence-electron chi connectivity index (χ2n) is 5.39. The van der Waals surface area contributed by atoms with Crippen LogP contribution in [0.1, 0.15) is 12.0 Å². The largest absolute Gasteiger partial charge is 0.508 e. The minimum absolute atomic E-state index is 0.0335. The molecule has 0 saturated carbocycles. The number of hydrogen-bond acceptors (Lipinski definition) is 5. The highest BCUT2D eigenvalue weighted by molar-refractivity contribution is 8.16. The molecule has 1 heterocycles. The molecule has 1 aliphatic heterocycles. The number of phenols is 1. The monoisotopic (exact) mass is 356 g/mol. The number of carbonyl (C=O) groups excluding carboxylic acids is 2. The Labute approximate surface area is 148 Å². The number of aromatic hydroxyl groups is 1. The van der Waals surface area contributed by atoms with Gasteiger partial charge in [0.1, 0.15) is 21.8 Å². The van der Waals surface area contributed by atoms with E-state index in [1.165, 1.54) is 23.9 Å². The van der Waals surface area contributed by atoms with Crippen molar-refractivity contribution in [1.29, 1.82) is 0 Å². The Morgan fingerprint density at radius 3 is 2.76 bits per heavy atom. The molecule has 6 nitrogen and oxygen atoms in total. The number of amides is 2.